The highest BCUT2D eigenvalue weighted by Crippen LogP contribution is 2.26. The molecule has 0 aromatic heterocycles. The van der Waals surface area contributed by atoms with E-state index in [2.05, 4.69) is 4.90 Å². The molecule has 4 nitrogen and oxygen atoms in total. The fourth-order valence-electron chi connectivity index (χ4n) is 3.05. The lowest BCUT2D eigenvalue weighted by Gasteiger charge is -2.35. The zero-order chi connectivity index (χ0) is 16.1. The minimum absolute atomic E-state index is 0.201. The summed E-state index contributed by atoms with van der Waals surface area (Å²) in [4.78, 5) is 17.7. The maximum Gasteiger partial charge on any atom is 0.233 e. The van der Waals surface area contributed by atoms with Gasteiger partial charge in [0.05, 0.1) is 16.9 Å². The first-order valence-electron chi connectivity index (χ1n) is 8.21. The van der Waals surface area contributed by atoms with E-state index in [-0.39, 0.29) is 5.91 Å². The molecule has 2 aliphatic rings. The topological polar surface area (TPSA) is 32.8 Å². The average molecular weight is 355 g/mol. The van der Waals surface area contributed by atoms with Crippen molar-refractivity contribution in [2.75, 3.05) is 45.1 Å². The molecule has 0 N–H and O–H groups in total. The van der Waals surface area contributed by atoms with Gasteiger partial charge in [-0.3, -0.25) is 9.69 Å². The van der Waals surface area contributed by atoms with Crippen molar-refractivity contribution in [3.05, 3.63) is 29.3 Å². The molecular weight excluding hydrogens is 332 g/mol. The Morgan fingerprint density at radius 2 is 2.04 bits per heavy atom. The minimum Gasteiger partial charge on any atom is -0.377 e. The highest BCUT2D eigenvalue weighted by Gasteiger charge is 2.24. The largest absolute Gasteiger partial charge is 0.377 e. The monoisotopic (exact) mass is 354 g/mol. The van der Waals surface area contributed by atoms with Crippen LogP contribution >= 0.6 is 23.4 Å². The molecule has 6 heteroatoms. The molecule has 2 saturated heterocycles. The minimum atomic E-state index is 0.201. The lowest BCUT2D eigenvalue weighted by atomic mass is 10.2. The van der Waals surface area contributed by atoms with E-state index in [4.69, 9.17) is 16.3 Å². The molecule has 126 valence electrons. The van der Waals surface area contributed by atoms with Gasteiger partial charge < -0.3 is 9.64 Å². The number of halogens is 1. The first kappa shape index (κ1) is 17.1. The quantitative estimate of drug-likeness (QED) is 0.761. The molecule has 0 spiro atoms. The second-order valence-electron chi connectivity index (χ2n) is 6.04. The SMILES string of the molecule is O=C(CSc1ccccc1Cl)N1CCN(CC2CCCO2)CC1. The Labute approximate surface area is 147 Å². The van der Waals surface area contributed by atoms with Crippen molar-refractivity contribution in [1.82, 2.24) is 9.80 Å². The van der Waals surface area contributed by atoms with Gasteiger partial charge in [0.25, 0.3) is 0 Å². The van der Waals surface area contributed by atoms with Crippen LogP contribution in [0.3, 0.4) is 0 Å². The van der Waals surface area contributed by atoms with Crippen molar-refractivity contribution in [3.8, 4) is 0 Å². The summed E-state index contributed by atoms with van der Waals surface area (Å²) in [7, 11) is 0. The van der Waals surface area contributed by atoms with Gasteiger partial charge in [0.2, 0.25) is 5.91 Å². The fourth-order valence-corrected chi connectivity index (χ4v) is 4.19. The third-order valence-electron chi connectivity index (χ3n) is 4.40. The summed E-state index contributed by atoms with van der Waals surface area (Å²) < 4.78 is 5.69. The fraction of sp³-hybridized carbons (Fsp3) is 0.588. The summed E-state index contributed by atoms with van der Waals surface area (Å²) in [5.41, 5.74) is 0. The predicted octanol–water partition coefficient (Wildman–Crippen LogP) is 2.76. The number of nitrogens with zero attached hydrogens (tertiary/aromatic N) is 2. The molecule has 3 rings (SSSR count). The first-order chi connectivity index (χ1) is 11.2. The van der Waals surface area contributed by atoms with Crippen LogP contribution in [0.15, 0.2) is 29.2 Å². The van der Waals surface area contributed by atoms with Crippen molar-refractivity contribution in [3.63, 3.8) is 0 Å². The average Bonchev–Trinajstić information content (AvgIpc) is 3.07. The van der Waals surface area contributed by atoms with Gasteiger partial charge in [-0.1, -0.05) is 23.7 Å². The summed E-state index contributed by atoms with van der Waals surface area (Å²) in [6, 6.07) is 7.67. The standard InChI is InChI=1S/C17H23ClN2O2S/c18-15-5-1-2-6-16(15)23-13-17(21)20-9-7-19(8-10-20)12-14-4-3-11-22-14/h1-2,5-6,14H,3-4,7-13H2. The molecule has 0 aliphatic carbocycles. The first-order valence-corrected chi connectivity index (χ1v) is 9.58. The van der Waals surface area contributed by atoms with E-state index in [1.54, 1.807) is 0 Å². The molecule has 0 radical (unpaired) electrons. The van der Waals surface area contributed by atoms with Gasteiger partial charge in [-0.05, 0) is 25.0 Å². The Bertz CT molecular complexity index is 529. The number of thioether (sulfide) groups is 1. The van der Waals surface area contributed by atoms with Crippen molar-refractivity contribution in [2.45, 2.75) is 23.8 Å². The third-order valence-corrected chi connectivity index (χ3v) is 5.90. The van der Waals surface area contributed by atoms with Gasteiger partial charge in [-0.2, -0.15) is 0 Å². The molecule has 23 heavy (non-hydrogen) atoms. The second-order valence-corrected chi connectivity index (χ2v) is 7.46. The second kappa shape index (κ2) is 8.38. The normalized spacial score (nSPS) is 22.5. The van der Waals surface area contributed by atoms with Crippen LogP contribution < -0.4 is 0 Å². The zero-order valence-electron chi connectivity index (χ0n) is 13.2. The molecule has 0 bridgehead atoms. The van der Waals surface area contributed by atoms with E-state index < -0.39 is 0 Å². The maximum atomic E-state index is 12.4. The Morgan fingerprint density at radius 3 is 2.74 bits per heavy atom. The summed E-state index contributed by atoms with van der Waals surface area (Å²) >= 11 is 7.65. The van der Waals surface area contributed by atoms with Crippen LogP contribution in [0.4, 0.5) is 0 Å². The number of benzene rings is 1. The number of amides is 1. The summed E-state index contributed by atoms with van der Waals surface area (Å²) in [6.45, 7) is 5.44. The Morgan fingerprint density at radius 1 is 1.26 bits per heavy atom. The Balaban J connectivity index is 1.40. The molecule has 2 aliphatic heterocycles. The van der Waals surface area contributed by atoms with Crippen LogP contribution in [-0.4, -0.2) is 66.9 Å². The summed E-state index contributed by atoms with van der Waals surface area (Å²) in [6.07, 6.45) is 2.75. The number of ether oxygens (including phenoxy) is 1. The van der Waals surface area contributed by atoms with Crippen LogP contribution in [0.1, 0.15) is 12.8 Å². The Kier molecular flexibility index (Phi) is 6.22. The van der Waals surface area contributed by atoms with Gasteiger partial charge in [0, 0.05) is 44.2 Å². The summed E-state index contributed by atoms with van der Waals surface area (Å²) in [5.74, 6) is 0.654. The smallest absolute Gasteiger partial charge is 0.233 e. The molecule has 1 atom stereocenters. The van der Waals surface area contributed by atoms with E-state index in [9.17, 15) is 4.79 Å². The van der Waals surface area contributed by atoms with Gasteiger partial charge in [-0.15, -0.1) is 11.8 Å². The summed E-state index contributed by atoms with van der Waals surface area (Å²) in [5, 5.41) is 0.715. The molecule has 1 unspecified atom stereocenters. The van der Waals surface area contributed by atoms with Crippen LogP contribution in [0.25, 0.3) is 0 Å². The van der Waals surface area contributed by atoms with E-state index in [1.165, 1.54) is 24.6 Å². The molecule has 1 aromatic carbocycles. The van der Waals surface area contributed by atoms with Crippen LogP contribution in [0.5, 0.6) is 0 Å². The molecule has 2 fully saturated rings. The molecule has 2 heterocycles. The van der Waals surface area contributed by atoms with Gasteiger partial charge in [0.15, 0.2) is 0 Å². The van der Waals surface area contributed by atoms with Crippen molar-refractivity contribution >= 4 is 29.3 Å². The van der Waals surface area contributed by atoms with Gasteiger partial charge >= 0.3 is 0 Å². The number of hydrogen-bond acceptors (Lipinski definition) is 4. The van der Waals surface area contributed by atoms with Crippen molar-refractivity contribution in [2.24, 2.45) is 0 Å². The zero-order valence-corrected chi connectivity index (χ0v) is 14.8. The number of piperazine rings is 1. The van der Waals surface area contributed by atoms with Crippen LogP contribution in [0, 0.1) is 0 Å². The lowest BCUT2D eigenvalue weighted by molar-refractivity contribution is -0.130. The van der Waals surface area contributed by atoms with Crippen LogP contribution in [-0.2, 0) is 9.53 Å². The molecule has 1 aromatic rings. The van der Waals surface area contributed by atoms with Gasteiger partial charge in [-0.25, -0.2) is 0 Å². The predicted molar refractivity (Wildman–Crippen MR) is 94.2 cm³/mol. The number of rotatable bonds is 5. The lowest BCUT2D eigenvalue weighted by Crippen LogP contribution is -2.50. The molecular formula is C17H23ClN2O2S. The highest BCUT2D eigenvalue weighted by molar-refractivity contribution is 8.00. The molecule has 1 amide bonds. The van der Waals surface area contributed by atoms with Crippen molar-refractivity contribution < 1.29 is 9.53 Å². The highest BCUT2D eigenvalue weighted by atomic mass is 35.5. The number of carbonyl (C=O) groups is 1. The van der Waals surface area contributed by atoms with E-state index in [0.717, 1.165) is 44.2 Å². The third kappa shape index (κ3) is 4.86. The van der Waals surface area contributed by atoms with E-state index in [0.29, 0.717) is 16.9 Å². The number of hydrogen-bond donors (Lipinski definition) is 0. The molecule has 0 saturated carbocycles. The van der Waals surface area contributed by atoms with E-state index in [1.807, 2.05) is 29.2 Å². The Hall–Kier alpha value is -0.750. The van der Waals surface area contributed by atoms with Crippen molar-refractivity contribution in [1.29, 1.82) is 0 Å². The number of carbonyl (C=O) groups excluding carboxylic acids is 1. The van der Waals surface area contributed by atoms with E-state index >= 15 is 0 Å². The van der Waals surface area contributed by atoms with Crippen LogP contribution in [0.2, 0.25) is 5.02 Å². The maximum absolute atomic E-state index is 12.4. The van der Waals surface area contributed by atoms with Gasteiger partial charge in [0.1, 0.15) is 0 Å².